The number of benzene rings is 3. The lowest BCUT2D eigenvalue weighted by Gasteiger charge is -2.25. The molecule has 10 heteroatoms. The van der Waals surface area contributed by atoms with Crippen LogP contribution >= 0.6 is 34.8 Å². The van der Waals surface area contributed by atoms with Crippen molar-refractivity contribution in [3.63, 3.8) is 0 Å². The third kappa shape index (κ3) is 5.48. The van der Waals surface area contributed by atoms with Gasteiger partial charge in [-0.05, 0) is 55.5 Å². The first-order valence-corrected chi connectivity index (χ1v) is 11.9. The zero-order valence-electron chi connectivity index (χ0n) is 17.1. The van der Waals surface area contributed by atoms with Crippen LogP contribution in [0.1, 0.15) is 5.56 Å². The zero-order valence-corrected chi connectivity index (χ0v) is 20.2. The number of hydrogen-bond donors (Lipinski definition) is 1. The summed E-state index contributed by atoms with van der Waals surface area (Å²) < 4.78 is 32.9. The van der Waals surface area contributed by atoms with E-state index in [4.69, 9.17) is 39.5 Å². The van der Waals surface area contributed by atoms with Gasteiger partial charge >= 0.3 is 0 Å². The molecule has 0 saturated heterocycles. The van der Waals surface area contributed by atoms with E-state index in [0.717, 1.165) is 9.87 Å². The van der Waals surface area contributed by atoms with E-state index in [1.165, 1.54) is 43.5 Å². The zero-order chi connectivity index (χ0) is 23.5. The van der Waals surface area contributed by atoms with Gasteiger partial charge in [0.25, 0.3) is 10.0 Å². The average Bonchev–Trinajstić information content (AvgIpc) is 2.74. The summed E-state index contributed by atoms with van der Waals surface area (Å²) in [5.74, 6) is -0.156. The molecule has 0 aliphatic carbocycles. The molecule has 0 unspecified atom stereocenters. The van der Waals surface area contributed by atoms with E-state index in [1.807, 2.05) is 6.92 Å². The number of aryl methyl sites for hydroxylation is 1. The first-order valence-electron chi connectivity index (χ1n) is 9.29. The second kappa shape index (κ2) is 10.0. The van der Waals surface area contributed by atoms with E-state index in [2.05, 4.69) is 5.32 Å². The van der Waals surface area contributed by atoms with Gasteiger partial charge in [-0.15, -0.1) is 0 Å². The number of sulfonamides is 1. The highest BCUT2D eigenvalue weighted by atomic mass is 35.5. The van der Waals surface area contributed by atoms with Crippen molar-refractivity contribution < 1.29 is 17.9 Å². The lowest BCUT2D eigenvalue weighted by molar-refractivity contribution is -0.114. The standard InChI is InChI=1S/C22H19Cl3N2O4S/c1-14-3-7-17(8-4-14)32(29,30)27(20-11-15(23)5-9-18(20)24)13-22(28)26-16-6-10-21(31-2)19(25)12-16/h3-12H,13H2,1-2H3,(H,26,28). The van der Waals surface area contributed by atoms with Crippen molar-refractivity contribution in [2.45, 2.75) is 11.8 Å². The first-order chi connectivity index (χ1) is 15.1. The number of halogens is 3. The van der Waals surface area contributed by atoms with Gasteiger partial charge in [-0.2, -0.15) is 0 Å². The minimum Gasteiger partial charge on any atom is -0.495 e. The summed E-state index contributed by atoms with van der Waals surface area (Å²) in [6.45, 7) is 1.30. The summed E-state index contributed by atoms with van der Waals surface area (Å²) in [7, 11) is -2.66. The molecule has 3 aromatic carbocycles. The van der Waals surface area contributed by atoms with Gasteiger partial charge < -0.3 is 10.1 Å². The Morgan fingerprint density at radius 1 is 0.969 bits per heavy atom. The molecule has 0 radical (unpaired) electrons. The number of methoxy groups -OCH3 is 1. The van der Waals surface area contributed by atoms with Crippen molar-refractivity contribution in [1.29, 1.82) is 0 Å². The molecule has 0 fully saturated rings. The van der Waals surface area contributed by atoms with Crippen LogP contribution in [0.25, 0.3) is 0 Å². The van der Waals surface area contributed by atoms with Crippen LogP contribution in [0.2, 0.25) is 15.1 Å². The highest BCUT2D eigenvalue weighted by Gasteiger charge is 2.29. The maximum absolute atomic E-state index is 13.4. The summed E-state index contributed by atoms with van der Waals surface area (Å²) in [6.07, 6.45) is 0. The Morgan fingerprint density at radius 3 is 2.28 bits per heavy atom. The van der Waals surface area contributed by atoms with Gasteiger partial charge in [-0.25, -0.2) is 8.42 Å². The minimum atomic E-state index is -4.13. The maximum Gasteiger partial charge on any atom is 0.264 e. The molecule has 1 N–H and O–H groups in total. The Morgan fingerprint density at radius 2 is 1.66 bits per heavy atom. The van der Waals surface area contributed by atoms with Crippen LogP contribution in [0.4, 0.5) is 11.4 Å². The fraction of sp³-hybridized carbons (Fsp3) is 0.136. The van der Waals surface area contributed by atoms with Gasteiger partial charge in [-0.1, -0.05) is 52.5 Å². The monoisotopic (exact) mass is 512 g/mol. The molecule has 0 aliphatic rings. The van der Waals surface area contributed by atoms with Gasteiger partial charge in [0.15, 0.2) is 0 Å². The van der Waals surface area contributed by atoms with Crippen molar-refractivity contribution in [2.24, 2.45) is 0 Å². The van der Waals surface area contributed by atoms with Crippen LogP contribution in [0, 0.1) is 6.92 Å². The average molecular weight is 514 g/mol. The molecule has 0 bridgehead atoms. The molecular formula is C22H19Cl3N2O4S. The van der Waals surface area contributed by atoms with Crippen molar-refractivity contribution in [1.82, 2.24) is 0 Å². The highest BCUT2D eigenvalue weighted by molar-refractivity contribution is 7.92. The summed E-state index contributed by atoms with van der Waals surface area (Å²) in [5.41, 5.74) is 1.36. The van der Waals surface area contributed by atoms with E-state index < -0.39 is 22.5 Å². The van der Waals surface area contributed by atoms with Crippen LogP contribution in [0.15, 0.2) is 65.6 Å². The van der Waals surface area contributed by atoms with Gasteiger partial charge in [0, 0.05) is 10.7 Å². The molecule has 3 rings (SSSR count). The molecule has 0 aromatic heterocycles. The number of nitrogens with zero attached hydrogens (tertiary/aromatic N) is 1. The smallest absolute Gasteiger partial charge is 0.264 e. The Kier molecular flexibility index (Phi) is 7.56. The summed E-state index contributed by atoms with van der Waals surface area (Å²) >= 11 is 18.5. The molecular weight excluding hydrogens is 495 g/mol. The predicted octanol–water partition coefficient (Wildman–Crippen LogP) is 5.80. The predicted molar refractivity (Wildman–Crippen MR) is 129 cm³/mol. The van der Waals surface area contributed by atoms with Gasteiger partial charge in [0.1, 0.15) is 12.3 Å². The number of carbonyl (C=O) groups is 1. The second-order valence-corrected chi connectivity index (χ2v) is 9.93. The third-order valence-electron chi connectivity index (χ3n) is 4.51. The lowest BCUT2D eigenvalue weighted by atomic mass is 10.2. The molecule has 0 atom stereocenters. The van der Waals surface area contributed by atoms with Crippen molar-refractivity contribution in [2.75, 3.05) is 23.3 Å². The summed E-state index contributed by atoms with van der Waals surface area (Å²) in [5, 5.41) is 3.34. The Bertz CT molecular complexity index is 1250. The highest BCUT2D eigenvalue weighted by Crippen LogP contribution is 2.33. The fourth-order valence-corrected chi connectivity index (χ4v) is 5.01. The maximum atomic E-state index is 13.4. The number of nitrogens with one attached hydrogen (secondary N) is 1. The number of anilines is 2. The Hall–Kier alpha value is -2.45. The van der Waals surface area contributed by atoms with Crippen LogP contribution in [-0.4, -0.2) is 28.0 Å². The van der Waals surface area contributed by atoms with Crippen LogP contribution in [-0.2, 0) is 14.8 Å². The second-order valence-electron chi connectivity index (χ2n) is 6.82. The number of ether oxygens (including phenoxy) is 1. The van der Waals surface area contributed by atoms with Crippen molar-refractivity contribution in [3.8, 4) is 5.75 Å². The first kappa shape index (κ1) is 24.2. The molecule has 0 aliphatic heterocycles. The fourth-order valence-electron chi connectivity index (χ4n) is 2.89. The third-order valence-corrected chi connectivity index (χ3v) is 7.13. The number of hydrogen-bond acceptors (Lipinski definition) is 4. The van der Waals surface area contributed by atoms with E-state index in [9.17, 15) is 13.2 Å². The summed E-state index contributed by atoms with van der Waals surface area (Å²) in [4.78, 5) is 12.8. The molecule has 6 nitrogen and oxygen atoms in total. The van der Waals surface area contributed by atoms with Gasteiger partial charge in [0.2, 0.25) is 5.91 Å². The van der Waals surface area contributed by atoms with Crippen LogP contribution < -0.4 is 14.4 Å². The van der Waals surface area contributed by atoms with Crippen molar-refractivity contribution >= 4 is 62.1 Å². The lowest BCUT2D eigenvalue weighted by Crippen LogP contribution is -2.38. The van der Waals surface area contributed by atoms with E-state index in [1.54, 1.807) is 24.3 Å². The molecule has 0 saturated carbocycles. The summed E-state index contributed by atoms with van der Waals surface area (Å²) in [6, 6.07) is 15.4. The van der Waals surface area contributed by atoms with Crippen LogP contribution in [0.3, 0.4) is 0 Å². The molecule has 0 heterocycles. The number of rotatable bonds is 7. The molecule has 168 valence electrons. The normalized spacial score (nSPS) is 11.2. The largest absolute Gasteiger partial charge is 0.495 e. The van der Waals surface area contributed by atoms with E-state index >= 15 is 0 Å². The SMILES string of the molecule is COc1ccc(NC(=O)CN(c2cc(Cl)ccc2Cl)S(=O)(=O)c2ccc(C)cc2)cc1Cl. The number of amides is 1. The minimum absolute atomic E-state index is 0.0134. The van der Waals surface area contributed by atoms with E-state index in [-0.39, 0.29) is 20.6 Å². The quantitative estimate of drug-likeness (QED) is 0.433. The van der Waals surface area contributed by atoms with Gasteiger partial charge in [-0.3, -0.25) is 9.10 Å². The topological polar surface area (TPSA) is 75.7 Å². The Balaban J connectivity index is 1.97. The Labute approximate surface area is 201 Å². The molecule has 0 spiro atoms. The molecule has 32 heavy (non-hydrogen) atoms. The van der Waals surface area contributed by atoms with Gasteiger partial charge in [0.05, 0.1) is 27.7 Å². The molecule has 3 aromatic rings. The molecule has 1 amide bonds. The number of carbonyl (C=O) groups excluding carboxylic acids is 1. The van der Waals surface area contributed by atoms with Crippen molar-refractivity contribution in [3.05, 3.63) is 81.3 Å². The van der Waals surface area contributed by atoms with E-state index in [0.29, 0.717) is 16.5 Å². The van der Waals surface area contributed by atoms with Crippen LogP contribution in [0.5, 0.6) is 5.75 Å².